The second-order valence-electron chi connectivity index (χ2n) is 3.25. The molecule has 0 spiro atoms. The number of rotatable bonds is 4. The van der Waals surface area contributed by atoms with Crippen LogP contribution in [-0.2, 0) is 0 Å². The number of halogens is 1. The summed E-state index contributed by atoms with van der Waals surface area (Å²) in [4.78, 5) is 0. The first-order valence-electron chi connectivity index (χ1n) is 3.90. The van der Waals surface area contributed by atoms with Gasteiger partial charge in [0, 0.05) is 12.1 Å². The summed E-state index contributed by atoms with van der Waals surface area (Å²) in [6, 6.07) is 0.406. The first kappa shape index (κ1) is 9.89. The van der Waals surface area contributed by atoms with Gasteiger partial charge < -0.3 is 5.32 Å². The van der Waals surface area contributed by atoms with Gasteiger partial charge in [-0.15, -0.1) is 0 Å². The van der Waals surface area contributed by atoms with E-state index in [1.165, 1.54) is 0 Å². The predicted octanol–water partition coefficient (Wildman–Crippen LogP) is 1.98. The van der Waals surface area contributed by atoms with Gasteiger partial charge in [-0.25, -0.2) is 4.39 Å². The molecule has 0 aliphatic rings. The predicted molar refractivity (Wildman–Crippen MR) is 42.9 cm³/mol. The molecular formula is C8H18FN. The van der Waals surface area contributed by atoms with Gasteiger partial charge in [0.05, 0.1) is 0 Å². The Hall–Kier alpha value is -0.110. The van der Waals surface area contributed by atoms with E-state index >= 15 is 0 Å². The Labute approximate surface area is 63.0 Å². The van der Waals surface area contributed by atoms with Gasteiger partial charge in [0.15, 0.2) is 0 Å². The molecule has 0 amide bonds. The monoisotopic (exact) mass is 147 g/mol. The molecule has 0 fully saturated rings. The summed E-state index contributed by atoms with van der Waals surface area (Å²) in [5, 5.41) is 3.15. The summed E-state index contributed by atoms with van der Waals surface area (Å²) in [6.07, 6.45) is 0. The number of alkyl halides is 1. The van der Waals surface area contributed by atoms with E-state index in [2.05, 4.69) is 26.1 Å². The molecule has 2 unspecified atom stereocenters. The molecule has 0 aromatic rings. The molecule has 0 saturated carbocycles. The van der Waals surface area contributed by atoms with Crippen LogP contribution in [0.4, 0.5) is 4.39 Å². The molecule has 0 heterocycles. The van der Waals surface area contributed by atoms with E-state index in [0.717, 1.165) is 0 Å². The molecule has 0 bridgehead atoms. The Bertz CT molecular complexity index is 83.3. The molecular weight excluding hydrogens is 129 g/mol. The third kappa shape index (κ3) is 3.83. The minimum absolute atomic E-state index is 0.00241. The second kappa shape index (κ2) is 4.67. The Balaban J connectivity index is 3.46. The van der Waals surface area contributed by atoms with Gasteiger partial charge in [0.25, 0.3) is 0 Å². The van der Waals surface area contributed by atoms with E-state index in [-0.39, 0.29) is 12.7 Å². The van der Waals surface area contributed by atoms with Gasteiger partial charge in [-0.2, -0.15) is 0 Å². The highest BCUT2D eigenvalue weighted by Gasteiger charge is 2.09. The zero-order valence-electron chi connectivity index (χ0n) is 7.32. The van der Waals surface area contributed by atoms with Crippen LogP contribution in [0.25, 0.3) is 0 Å². The van der Waals surface area contributed by atoms with Crippen LogP contribution >= 0.6 is 0 Å². The summed E-state index contributed by atoms with van der Waals surface area (Å²) >= 11 is 0. The quantitative estimate of drug-likeness (QED) is 0.641. The summed E-state index contributed by atoms with van der Waals surface area (Å²) < 4.78 is 11.9. The van der Waals surface area contributed by atoms with Gasteiger partial charge in [-0.1, -0.05) is 13.8 Å². The van der Waals surface area contributed by atoms with Crippen LogP contribution in [0, 0.1) is 5.92 Å². The van der Waals surface area contributed by atoms with E-state index in [4.69, 9.17) is 0 Å². The van der Waals surface area contributed by atoms with Crippen LogP contribution in [0.2, 0.25) is 0 Å². The summed E-state index contributed by atoms with van der Waals surface area (Å²) in [7, 11) is 0. The summed E-state index contributed by atoms with van der Waals surface area (Å²) in [6.45, 7) is 7.91. The number of hydrogen-bond donors (Lipinski definition) is 1. The molecule has 2 atom stereocenters. The van der Waals surface area contributed by atoms with Crippen molar-refractivity contribution in [3.05, 3.63) is 0 Å². The van der Waals surface area contributed by atoms with Gasteiger partial charge in [0.1, 0.15) is 6.67 Å². The van der Waals surface area contributed by atoms with E-state index in [9.17, 15) is 4.39 Å². The average molecular weight is 147 g/mol. The smallest absolute Gasteiger partial charge is 0.104 e. The molecule has 2 heteroatoms. The molecule has 10 heavy (non-hydrogen) atoms. The van der Waals surface area contributed by atoms with E-state index in [1.54, 1.807) is 0 Å². The maximum Gasteiger partial charge on any atom is 0.104 e. The third-order valence-electron chi connectivity index (χ3n) is 1.78. The molecule has 0 aromatic heterocycles. The van der Waals surface area contributed by atoms with Crippen LogP contribution in [0.3, 0.4) is 0 Å². The van der Waals surface area contributed by atoms with Crippen molar-refractivity contribution in [1.29, 1.82) is 0 Å². The van der Waals surface area contributed by atoms with Crippen molar-refractivity contribution in [1.82, 2.24) is 5.32 Å². The maximum absolute atomic E-state index is 11.9. The lowest BCUT2D eigenvalue weighted by atomic mass is 10.1. The number of hydrogen-bond acceptors (Lipinski definition) is 1. The van der Waals surface area contributed by atoms with E-state index < -0.39 is 0 Å². The fourth-order valence-electron chi connectivity index (χ4n) is 0.686. The molecule has 0 aliphatic heterocycles. The lowest BCUT2D eigenvalue weighted by Crippen LogP contribution is -2.38. The summed E-state index contributed by atoms with van der Waals surface area (Å²) in [5.74, 6) is 0.578. The van der Waals surface area contributed by atoms with Crippen molar-refractivity contribution >= 4 is 0 Å². The molecule has 1 N–H and O–H groups in total. The lowest BCUT2D eigenvalue weighted by Gasteiger charge is -2.20. The molecule has 0 radical (unpaired) electrons. The van der Waals surface area contributed by atoms with Crippen molar-refractivity contribution < 1.29 is 4.39 Å². The molecule has 0 rings (SSSR count). The second-order valence-corrected chi connectivity index (χ2v) is 3.25. The third-order valence-corrected chi connectivity index (χ3v) is 1.78. The molecule has 0 aliphatic carbocycles. The minimum atomic E-state index is -0.281. The van der Waals surface area contributed by atoms with Gasteiger partial charge >= 0.3 is 0 Å². The highest BCUT2D eigenvalue weighted by molar-refractivity contribution is 4.68. The normalized spacial score (nSPS) is 17.4. The molecule has 0 aromatic carbocycles. The Kier molecular flexibility index (Phi) is 4.62. The highest BCUT2D eigenvalue weighted by Crippen LogP contribution is 2.00. The number of nitrogens with one attached hydrogen (secondary N) is 1. The fraction of sp³-hybridized carbons (Fsp3) is 1.00. The van der Waals surface area contributed by atoms with Crippen molar-refractivity contribution in [2.24, 2.45) is 5.92 Å². The molecule has 0 saturated heterocycles. The molecule has 1 nitrogen and oxygen atoms in total. The first-order chi connectivity index (χ1) is 4.57. The lowest BCUT2D eigenvalue weighted by molar-refractivity contribution is 0.329. The van der Waals surface area contributed by atoms with Crippen LogP contribution in [0.1, 0.15) is 27.7 Å². The van der Waals surface area contributed by atoms with Gasteiger partial charge in [-0.3, -0.25) is 0 Å². The van der Waals surface area contributed by atoms with E-state index in [1.807, 2.05) is 6.92 Å². The Morgan fingerprint density at radius 1 is 1.20 bits per heavy atom. The fourth-order valence-corrected chi connectivity index (χ4v) is 0.686. The van der Waals surface area contributed by atoms with Crippen molar-refractivity contribution in [2.75, 3.05) is 6.67 Å². The Morgan fingerprint density at radius 2 is 1.70 bits per heavy atom. The topological polar surface area (TPSA) is 12.0 Å². The zero-order valence-corrected chi connectivity index (χ0v) is 7.32. The standard InChI is InChI=1S/C8H18FN/c1-6(2)8(4)10-7(3)5-9/h6-8,10H,5H2,1-4H3. The first-order valence-corrected chi connectivity index (χ1v) is 3.90. The van der Waals surface area contributed by atoms with Crippen LogP contribution in [0.15, 0.2) is 0 Å². The molecule has 62 valence electrons. The zero-order chi connectivity index (χ0) is 8.15. The van der Waals surface area contributed by atoms with Gasteiger partial charge in [-0.05, 0) is 19.8 Å². The largest absolute Gasteiger partial charge is 0.309 e. The van der Waals surface area contributed by atoms with Gasteiger partial charge in [0.2, 0.25) is 0 Å². The maximum atomic E-state index is 11.9. The van der Waals surface area contributed by atoms with Crippen LogP contribution in [-0.4, -0.2) is 18.8 Å². The van der Waals surface area contributed by atoms with E-state index in [0.29, 0.717) is 12.0 Å². The Morgan fingerprint density at radius 3 is 2.00 bits per heavy atom. The highest BCUT2D eigenvalue weighted by atomic mass is 19.1. The van der Waals surface area contributed by atoms with Crippen molar-refractivity contribution in [3.8, 4) is 0 Å². The SMILES string of the molecule is CC(CF)NC(C)C(C)C. The van der Waals surface area contributed by atoms with Crippen molar-refractivity contribution in [2.45, 2.75) is 39.8 Å². The average Bonchev–Trinajstić information content (AvgIpc) is 1.87. The van der Waals surface area contributed by atoms with Crippen LogP contribution in [0.5, 0.6) is 0 Å². The minimum Gasteiger partial charge on any atom is -0.309 e. The summed E-state index contributed by atoms with van der Waals surface area (Å²) in [5.41, 5.74) is 0. The van der Waals surface area contributed by atoms with Crippen molar-refractivity contribution in [3.63, 3.8) is 0 Å². The van der Waals surface area contributed by atoms with Crippen LogP contribution < -0.4 is 5.32 Å².